The zero-order valence-electron chi connectivity index (χ0n) is 14.8. The fourth-order valence-corrected chi connectivity index (χ4v) is 4.18. The van der Waals surface area contributed by atoms with Gasteiger partial charge in [-0.1, -0.05) is 0 Å². The van der Waals surface area contributed by atoms with Crippen molar-refractivity contribution in [3.8, 4) is 11.3 Å². The van der Waals surface area contributed by atoms with Gasteiger partial charge in [0.15, 0.2) is 0 Å². The molecule has 4 rings (SSSR count). The van der Waals surface area contributed by atoms with Crippen LogP contribution in [-0.4, -0.2) is 35.3 Å². The molecule has 11 heteroatoms. The van der Waals surface area contributed by atoms with Gasteiger partial charge in [-0.3, -0.25) is 20.1 Å². The molecule has 0 radical (unpaired) electrons. The molecule has 0 aromatic carbocycles. The van der Waals surface area contributed by atoms with Gasteiger partial charge in [-0.25, -0.2) is 0 Å². The second-order valence-electron chi connectivity index (χ2n) is 6.91. The third kappa shape index (κ3) is 4.01. The summed E-state index contributed by atoms with van der Waals surface area (Å²) in [6.07, 6.45) is -1.54. The standard InChI is InChI=1S/C18H15F3N4O3S/c19-18(20,21)10-1-2-14(23-7-10)9-3-4-22-11(5-9)8-24-16(26)15-12-6-13(12)17(25-15)29(27)28/h1-5,7,12-13,15,25H,6,8H2,(H,24,26). The molecule has 0 spiro atoms. The van der Waals surface area contributed by atoms with Crippen molar-refractivity contribution in [3.05, 3.63) is 47.9 Å². The predicted molar refractivity (Wildman–Crippen MR) is 96.8 cm³/mol. The Labute approximate surface area is 164 Å². The average molecular weight is 424 g/mol. The first-order valence-corrected chi connectivity index (χ1v) is 9.80. The molecule has 3 unspecified atom stereocenters. The largest absolute Gasteiger partial charge is 0.417 e. The molecule has 0 bridgehead atoms. The number of piperidine rings is 1. The minimum absolute atomic E-state index is 0.0152. The van der Waals surface area contributed by atoms with Crippen molar-refractivity contribution in [1.82, 2.24) is 20.6 Å². The van der Waals surface area contributed by atoms with Crippen molar-refractivity contribution >= 4 is 21.2 Å². The van der Waals surface area contributed by atoms with Crippen molar-refractivity contribution in [2.45, 2.75) is 25.2 Å². The number of pyridine rings is 2. The molecule has 2 N–H and O–H groups in total. The number of alkyl halides is 3. The SMILES string of the molecule is O=C(NCc1cc(-c2ccc(C(F)(F)F)cn2)ccn1)C1NC(=S(=O)=O)C2CC21. The summed E-state index contributed by atoms with van der Waals surface area (Å²) in [4.78, 5) is 20.6. The van der Waals surface area contributed by atoms with Crippen LogP contribution in [0.1, 0.15) is 17.7 Å². The lowest BCUT2D eigenvalue weighted by Crippen LogP contribution is -2.44. The van der Waals surface area contributed by atoms with Crippen LogP contribution in [0.25, 0.3) is 11.3 Å². The van der Waals surface area contributed by atoms with Crippen LogP contribution in [0.5, 0.6) is 0 Å². The highest BCUT2D eigenvalue weighted by Gasteiger charge is 2.55. The first-order chi connectivity index (χ1) is 13.7. The molecule has 3 heterocycles. The van der Waals surface area contributed by atoms with E-state index in [1.807, 2.05) is 0 Å². The number of hydrogen-bond donors (Lipinski definition) is 2. The van der Waals surface area contributed by atoms with Gasteiger partial charge < -0.3 is 5.32 Å². The Hall–Kier alpha value is -2.79. The lowest BCUT2D eigenvalue weighted by molar-refractivity contribution is -0.137. The molecule has 1 saturated heterocycles. The Bertz CT molecular complexity index is 1090. The minimum Gasteiger partial charge on any atom is -0.349 e. The Morgan fingerprint density at radius 2 is 2.03 bits per heavy atom. The molecule has 2 fully saturated rings. The first kappa shape index (κ1) is 19.5. The monoisotopic (exact) mass is 424 g/mol. The number of nitrogens with one attached hydrogen (secondary N) is 2. The molecule has 1 aliphatic heterocycles. The summed E-state index contributed by atoms with van der Waals surface area (Å²) in [5.41, 5.74) is 0.583. The van der Waals surface area contributed by atoms with Gasteiger partial charge in [-0.15, -0.1) is 0 Å². The number of rotatable bonds is 4. The van der Waals surface area contributed by atoms with Crippen LogP contribution in [0, 0.1) is 11.8 Å². The third-order valence-electron chi connectivity index (χ3n) is 5.01. The van der Waals surface area contributed by atoms with Crippen LogP contribution < -0.4 is 10.6 Å². The summed E-state index contributed by atoms with van der Waals surface area (Å²) < 4.78 is 60.2. The highest BCUT2D eigenvalue weighted by Crippen LogP contribution is 2.46. The first-order valence-electron chi connectivity index (χ1n) is 8.73. The van der Waals surface area contributed by atoms with Crippen molar-refractivity contribution in [2.24, 2.45) is 11.8 Å². The van der Waals surface area contributed by atoms with E-state index in [0.717, 1.165) is 12.3 Å². The molecular formula is C18H15F3N4O3S. The van der Waals surface area contributed by atoms with E-state index in [9.17, 15) is 26.4 Å². The summed E-state index contributed by atoms with van der Waals surface area (Å²) in [6.45, 7) is 0.0959. The van der Waals surface area contributed by atoms with Gasteiger partial charge in [-0.2, -0.15) is 21.6 Å². The highest BCUT2D eigenvalue weighted by molar-refractivity contribution is 7.73. The third-order valence-corrected chi connectivity index (χ3v) is 5.79. The quantitative estimate of drug-likeness (QED) is 0.720. The summed E-state index contributed by atoms with van der Waals surface area (Å²) >= 11 is 0. The van der Waals surface area contributed by atoms with Crippen LogP contribution in [0.3, 0.4) is 0 Å². The Morgan fingerprint density at radius 3 is 2.66 bits per heavy atom. The van der Waals surface area contributed by atoms with E-state index < -0.39 is 28.1 Å². The van der Waals surface area contributed by atoms with Crippen LogP contribution in [0.2, 0.25) is 0 Å². The van der Waals surface area contributed by atoms with Crippen molar-refractivity contribution < 1.29 is 26.4 Å². The summed E-state index contributed by atoms with van der Waals surface area (Å²) in [5.74, 6) is -0.437. The molecule has 1 saturated carbocycles. The van der Waals surface area contributed by atoms with Gasteiger partial charge in [0.05, 0.1) is 29.5 Å². The molecule has 152 valence electrons. The molecule has 2 aliphatic rings. The van der Waals surface area contributed by atoms with Gasteiger partial charge >= 0.3 is 6.18 Å². The number of carbonyl (C=O) groups is 1. The van der Waals surface area contributed by atoms with E-state index in [4.69, 9.17) is 0 Å². The average Bonchev–Trinajstić information content (AvgIpc) is 3.38. The lowest BCUT2D eigenvalue weighted by atomic mass is 10.1. The van der Waals surface area contributed by atoms with Gasteiger partial charge in [0, 0.05) is 23.9 Å². The molecule has 2 aromatic rings. The number of amides is 1. The normalized spacial score (nSPS) is 22.9. The number of halogens is 3. The molecule has 7 nitrogen and oxygen atoms in total. The Kier molecular flexibility index (Phi) is 4.87. The summed E-state index contributed by atoms with van der Waals surface area (Å²) in [7, 11) is -2.35. The number of hydrogen-bond acceptors (Lipinski definition) is 5. The van der Waals surface area contributed by atoms with Crippen molar-refractivity contribution in [2.75, 3.05) is 0 Å². The molecule has 1 aliphatic carbocycles. The maximum absolute atomic E-state index is 12.7. The highest BCUT2D eigenvalue weighted by atomic mass is 32.2. The van der Waals surface area contributed by atoms with E-state index in [1.165, 1.54) is 12.3 Å². The molecule has 29 heavy (non-hydrogen) atoms. The van der Waals surface area contributed by atoms with Crippen molar-refractivity contribution in [1.29, 1.82) is 0 Å². The second kappa shape index (κ2) is 7.23. The second-order valence-corrected chi connectivity index (χ2v) is 7.82. The van der Waals surface area contributed by atoms with Gasteiger partial charge in [0.1, 0.15) is 4.99 Å². The number of aromatic nitrogens is 2. The Balaban J connectivity index is 1.42. The maximum atomic E-state index is 12.7. The van der Waals surface area contributed by atoms with E-state index in [0.29, 0.717) is 23.4 Å². The molecule has 2 aromatic heterocycles. The number of fused-ring (bicyclic) bond motifs is 1. The van der Waals surface area contributed by atoms with Gasteiger partial charge in [0.2, 0.25) is 16.2 Å². The fraction of sp³-hybridized carbons (Fsp3) is 0.333. The van der Waals surface area contributed by atoms with E-state index >= 15 is 0 Å². The van der Waals surface area contributed by atoms with E-state index in [1.54, 1.807) is 12.1 Å². The van der Waals surface area contributed by atoms with Crippen LogP contribution in [0.15, 0.2) is 36.7 Å². The molecule has 3 atom stereocenters. The van der Waals surface area contributed by atoms with Crippen LogP contribution in [-0.2, 0) is 27.8 Å². The van der Waals surface area contributed by atoms with Gasteiger partial charge in [0.25, 0.3) is 0 Å². The van der Waals surface area contributed by atoms with Crippen LogP contribution in [0.4, 0.5) is 13.2 Å². The maximum Gasteiger partial charge on any atom is 0.417 e. The number of carbonyl (C=O) groups excluding carboxylic acids is 1. The lowest BCUT2D eigenvalue weighted by Gasteiger charge is -2.13. The predicted octanol–water partition coefficient (Wildman–Crippen LogP) is 1.40. The van der Waals surface area contributed by atoms with Crippen LogP contribution >= 0.6 is 0 Å². The van der Waals surface area contributed by atoms with E-state index in [-0.39, 0.29) is 29.3 Å². The van der Waals surface area contributed by atoms with Crippen molar-refractivity contribution in [3.63, 3.8) is 0 Å². The zero-order chi connectivity index (χ0) is 20.8. The topological polar surface area (TPSA) is 101 Å². The van der Waals surface area contributed by atoms with Gasteiger partial charge in [-0.05, 0) is 36.6 Å². The molecule has 1 amide bonds. The summed E-state index contributed by atoms with van der Waals surface area (Å²) in [5, 5.41) is 5.47. The minimum atomic E-state index is -4.45. The smallest absolute Gasteiger partial charge is 0.349 e. The fourth-order valence-electron chi connectivity index (χ4n) is 3.44. The molecular weight excluding hydrogens is 409 g/mol. The number of nitrogens with zero attached hydrogens (tertiary/aromatic N) is 2. The zero-order valence-corrected chi connectivity index (χ0v) is 15.6. The summed E-state index contributed by atoms with van der Waals surface area (Å²) in [6, 6.07) is 4.88. The van der Waals surface area contributed by atoms with E-state index in [2.05, 4.69) is 20.6 Å². The Morgan fingerprint density at radius 1 is 1.24 bits per heavy atom.